The number of carbonyl (C=O) groups excluding carboxylic acids is 2. The summed E-state index contributed by atoms with van der Waals surface area (Å²) in [5, 5.41) is 12.1. The van der Waals surface area contributed by atoms with E-state index in [1.807, 2.05) is 44.2 Å². The monoisotopic (exact) mass is 469 g/mol. The third-order valence-electron chi connectivity index (χ3n) is 4.24. The fourth-order valence-electron chi connectivity index (χ4n) is 2.63. The van der Waals surface area contributed by atoms with Crippen molar-refractivity contribution in [3.63, 3.8) is 0 Å². The van der Waals surface area contributed by atoms with Crippen molar-refractivity contribution in [2.45, 2.75) is 88.9 Å². The number of nitrogens with one attached hydrogen (secondary N) is 1. The van der Waals surface area contributed by atoms with Crippen LogP contribution in [0.3, 0.4) is 0 Å². The Morgan fingerprint density at radius 1 is 1.00 bits per heavy atom. The number of benzene rings is 1. The van der Waals surface area contributed by atoms with Crippen molar-refractivity contribution in [1.29, 1.82) is 0 Å². The molecule has 0 aliphatic rings. The second-order valence-electron chi connectivity index (χ2n) is 8.63. The van der Waals surface area contributed by atoms with E-state index in [1.165, 1.54) is 0 Å². The fourth-order valence-corrected chi connectivity index (χ4v) is 5.15. The molecule has 1 aromatic rings. The highest BCUT2D eigenvalue weighted by Crippen LogP contribution is 2.34. The molecule has 2 unspecified atom stereocenters. The maximum absolute atomic E-state index is 12.6. The number of amides is 1. The van der Waals surface area contributed by atoms with E-state index in [2.05, 4.69) is 5.32 Å². The van der Waals surface area contributed by atoms with E-state index in [4.69, 9.17) is 9.84 Å². The number of hydrogen-bond acceptors (Lipinski definition) is 6. The molecule has 0 radical (unpaired) electrons. The zero-order valence-corrected chi connectivity index (χ0v) is 20.7. The van der Waals surface area contributed by atoms with Crippen molar-refractivity contribution in [3.8, 4) is 0 Å². The number of carbonyl (C=O) groups is 3. The van der Waals surface area contributed by atoms with Gasteiger partial charge in [0.15, 0.2) is 0 Å². The molecule has 1 rings (SSSR count). The van der Waals surface area contributed by atoms with Crippen LogP contribution in [-0.4, -0.2) is 45.1 Å². The van der Waals surface area contributed by atoms with Crippen molar-refractivity contribution < 1.29 is 24.2 Å². The summed E-state index contributed by atoms with van der Waals surface area (Å²) in [5.74, 6) is -1.39. The summed E-state index contributed by atoms with van der Waals surface area (Å²) >= 11 is 0. The van der Waals surface area contributed by atoms with E-state index in [-0.39, 0.29) is 22.8 Å². The summed E-state index contributed by atoms with van der Waals surface area (Å²) in [5.41, 5.74) is 0.325. The fraction of sp³-hybridized carbons (Fsp3) is 0.609. The first kappa shape index (κ1) is 27.4. The van der Waals surface area contributed by atoms with Crippen LogP contribution in [0, 0.1) is 0 Å². The largest absolute Gasteiger partial charge is 0.481 e. The minimum atomic E-state index is -0.780. The van der Waals surface area contributed by atoms with Gasteiger partial charge < -0.3 is 15.2 Å². The smallest absolute Gasteiger partial charge is 0.329 e. The van der Waals surface area contributed by atoms with Crippen LogP contribution in [0.4, 0.5) is 0 Å². The standard InChI is InChI=1S/C23H35NO5S2/c1-16(30-31-17(2)12-14-21(26)27)11-13-20(25)24-19(22(28)29-23(3,4)5)15-18-9-7-6-8-10-18/h6-10,16-17,19H,11-15H2,1-5H3,(H,24,25)(H,26,27)/t16?,17?,19-/m0/s1. The highest BCUT2D eigenvalue weighted by molar-refractivity contribution is 8.77. The molecule has 0 aliphatic carbocycles. The number of rotatable bonds is 13. The summed E-state index contributed by atoms with van der Waals surface area (Å²) < 4.78 is 5.50. The normalized spacial score (nSPS) is 14.4. The van der Waals surface area contributed by atoms with Gasteiger partial charge in [-0.05, 0) is 39.2 Å². The lowest BCUT2D eigenvalue weighted by molar-refractivity contribution is -0.158. The molecule has 3 atom stereocenters. The van der Waals surface area contributed by atoms with Crippen LogP contribution in [0.1, 0.15) is 65.9 Å². The second-order valence-corrected chi connectivity index (χ2v) is 11.8. The van der Waals surface area contributed by atoms with Crippen LogP contribution in [0.2, 0.25) is 0 Å². The first-order valence-corrected chi connectivity index (χ1v) is 12.8. The molecule has 0 heterocycles. The number of carboxylic acids is 1. The Bertz CT molecular complexity index is 706. The third-order valence-corrected chi connectivity index (χ3v) is 7.78. The van der Waals surface area contributed by atoms with Crippen LogP contribution < -0.4 is 5.32 Å². The minimum Gasteiger partial charge on any atom is -0.481 e. The predicted octanol–water partition coefficient (Wildman–Crippen LogP) is 4.86. The molecule has 174 valence electrons. The van der Waals surface area contributed by atoms with E-state index in [1.54, 1.807) is 42.4 Å². The van der Waals surface area contributed by atoms with Crippen LogP contribution in [0.25, 0.3) is 0 Å². The second kappa shape index (κ2) is 13.7. The Morgan fingerprint density at radius 2 is 1.55 bits per heavy atom. The molecular weight excluding hydrogens is 434 g/mol. The van der Waals surface area contributed by atoms with Crippen molar-refractivity contribution in [1.82, 2.24) is 5.32 Å². The predicted molar refractivity (Wildman–Crippen MR) is 128 cm³/mol. The van der Waals surface area contributed by atoms with Crippen LogP contribution >= 0.6 is 21.6 Å². The number of ether oxygens (including phenoxy) is 1. The van der Waals surface area contributed by atoms with E-state index >= 15 is 0 Å². The van der Waals surface area contributed by atoms with Crippen molar-refractivity contribution in [2.75, 3.05) is 0 Å². The minimum absolute atomic E-state index is 0.166. The molecular formula is C23H35NO5S2. The first-order chi connectivity index (χ1) is 14.5. The summed E-state index contributed by atoms with van der Waals surface area (Å²) in [6.45, 7) is 9.47. The number of hydrogen-bond donors (Lipinski definition) is 2. The molecule has 8 heteroatoms. The summed E-state index contributed by atoms with van der Waals surface area (Å²) in [6.07, 6.45) is 2.15. The van der Waals surface area contributed by atoms with Crippen LogP contribution in [0.5, 0.6) is 0 Å². The maximum atomic E-state index is 12.6. The topological polar surface area (TPSA) is 92.7 Å². The van der Waals surface area contributed by atoms with Gasteiger partial charge in [-0.3, -0.25) is 9.59 Å². The maximum Gasteiger partial charge on any atom is 0.329 e. The van der Waals surface area contributed by atoms with Gasteiger partial charge in [0.1, 0.15) is 11.6 Å². The van der Waals surface area contributed by atoms with Gasteiger partial charge >= 0.3 is 11.9 Å². The molecule has 1 amide bonds. The highest BCUT2D eigenvalue weighted by atomic mass is 33.1. The first-order valence-electron chi connectivity index (χ1n) is 10.6. The van der Waals surface area contributed by atoms with Gasteiger partial charge in [0.25, 0.3) is 0 Å². The van der Waals surface area contributed by atoms with Gasteiger partial charge in [0.05, 0.1) is 0 Å². The molecule has 1 aromatic carbocycles. The summed E-state index contributed by atoms with van der Waals surface area (Å²) in [7, 11) is 3.32. The zero-order chi connectivity index (χ0) is 23.4. The van der Waals surface area contributed by atoms with Crippen molar-refractivity contribution >= 4 is 39.4 Å². The Labute approximate surface area is 193 Å². The Hall–Kier alpha value is -1.67. The van der Waals surface area contributed by atoms with Gasteiger partial charge in [-0.15, -0.1) is 0 Å². The van der Waals surface area contributed by atoms with E-state index in [0.717, 1.165) is 5.56 Å². The lowest BCUT2D eigenvalue weighted by atomic mass is 10.1. The van der Waals surface area contributed by atoms with Gasteiger partial charge in [0, 0.05) is 29.8 Å². The molecule has 2 N–H and O–H groups in total. The average molecular weight is 470 g/mol. The van der Waals surface area contributed by atoms with Gasteiger partial charge in [0.2, 0.25) is 5.91 Å². The molecule has 0 saturated carbocycles. The van der Waals surface area contributed by atoms with Crippen LogP contribution in [-0.2, 0) is 25.5 Å². The third kappa shape index (κ3) is 13.4. The van der Waals surface area contributed by atoms with E-state index in [0.29, 0.717) is 25.7 Å². The number of aliphatic carboxylic acids is 1. The van der Waals surface area contributed by atoms with Crippen molar-refractivity contribution in [2.24, 2.45) is 0 Å². The summed E-state index contributed by atoms with van der Waals surface area (Å²) in [4.78, 5) is 35.8. The number of esters is 1. The zero-order valence-electron chi connectivity index (χ0n) is 19.1. The lowest BCUT2D eigenvalue weighted by Gasteiger charge is -2.25. The summed E-state index contributed by atoms with van der Waals surface area (Å²) in [6, 6.07) is 8.82. The van der Waals surface area contributed by atoms with Crippen LogP contribution in [0.15, 0.2) is 30.3 Å². The lowest BCUT2D eigenvalue weighted by Crippen LogP contribution is -2.45. The Morgan fingerprint density at radius 3 is 2.06 bits per heavy atom. The van der Waals surface area contributed by atoms with Gasteiger partial charge in [-0.2, -0.15) is 0 Å². The molecule has 0 fully saturated rings. The molecule has 0 aliphatic heterocycles. The Balaban J connectivity index is 2.53. The molecule has 6 nitrogen and oxygen atoms in total. The van der Waals surface area contributed by atoms with Crippen molar-refractivity contribution in [3.05, 3.63) is 35.9 Å². The molecule has 0 saturated heterocycles. The molecule has 0 aromatic heterocycles. The van der Waals surface area contributed by atoms with E-state index in [9.17, 15) is 14.4 Å². The Kier molecular flexibility index (Phi) is 12.1. The SMILES string of the molecule is CC(CCC(=O)O)SSC(C)CCC(=O)N[C@@H](Cc1ccccc1)C(=O)OC(C)(C)C. The molecule has 0 bridgehead atoms. The van der Waals surface area contributed by atoms with Gasteiger partial charge in [-0.1, -0.05) is 65.8 Å². The molecule has 31 heavy (non-hydrogen) atoms. The highest BCUT2D eigenvalue weighted by Gasteiger charge is 2.27. The molecule has 0 spiro atoms. The van der Waals surface area contributed by atoms with Gasteiger partial charge in [-0.25, -0.2) is 4.79 Å². The quantitative estimate of drug-likeness (QED) is 0.315. The average Bonchev–Trinajstić information content (AvgIpc) is 2.68. The number of carboxylic acid groups (broad SMARTS) is 1. The van der Waals surface area contributed by atoms with E-state index < -0.39 is 23.6 Å².